The molecule has 3 aliphatic rings. The zero-order valence-electron chi connectivity index (χ0n) is 23.3. The number of fused-ring (bicyclic) bond motifs is 1. The van der Waals surface area contributed by atoms with Crippen molar-refractivity contribution >= 4 is 21.1 Å². The van der Waals surface area contributed by atoms with Gasteiger partial charge in [-0.15, -0.1) is 0 Å². The molecule has 1 aromatic heterocycles. The molecule has 3 aromatic rings. The molecule has 0 saturated heterocycles. The third-order valence-corrected chi connectivity index (χ3v) is 9.35. The van der Waals surface area contributed by atoms with Gasteiger partial charge in [0, 0.05) is 42.3 Å². The van der Waals surface area contributed by atoms with Crippen LogP contribution in [0, 0.1) is 6.92 Å². The van der Waals surface area contributed by atoms with E-state index >= 15 is 0 Å². The van der Waals surface area contributed by atoms with Gasteiger partial charge in [-0.2, -0.15) is 0 Å². The van der Waals surface area contributed by atoms with E-state index in [0.717, 1.165) is 24.1 Å². The van der Waals surface area contributed by atoms with Crippen LogP contribution >= 0.6 is 0 Å². The number of aryl methyl sites for hydroxylation is 1. The second-order valence-corrected chi connectivity index (χ2v) is 12.8. The zero-order valence-corrected chi connectivity index (χ0v) is 24.1. The summed E-state index contributed by atoms with van der Waals surface area (Å²) >= 11 is 0. The molecule has 42 heavy (non-hydrogen) atoms. The highest BCUT2D eigenvalue weighted by atomic mass is 32.2. The van der Waals surface area contributed by atoms with Crippen molar-refractivity contribution in [3.8, 4) is 11.5 Å². The first-order valence-corrected chi connectivity index (χ1v) is 15.7. The Morgan fingerprint density at radius 2 is 1.86 bits per heavy atom. The average Bonchev–Trinajstić information content (AvgIpc) is 3.42. The van der Waals surface area contributed by atoms with E-state index in [0.29, 0.717) is 41.8 Å². The molecule has 9 nitrogen and oxygen atoms in total. The van der Waals surface area contributed by atoms with Crippen LogP contribution in [0.2, 0.25) is 0 Å². The van der Waals surface area contributed by atoms with Crippen LogP contribution in [0.1, 0.15) is 42.6 Å². The minimum absolute atomic E-state index is 0.107. The number of halogens is 1. The van der Waals surface area contributed by atoms with Crippen LogP contribution in [0.15, 0.2) is 77.9 Å². The van der Waals surface area contributed by atoms with Crippen LogP contribution in [-0.4, -0.2) is 59.8 Å². The summed E-state index contributed by atoms with van der Waals surface area (Å²) in [6.07, 6.45) is 5.07. The number of allylic oxidation sites excluding steroid dienone is 2. The summed E-state index contributed by atoms with van der Waals surface area (Å²) in [4.78, 5) is 12.3. The predicted molar refractivity (Wildman–Crippen MR) is 156 cm³/mol. The summed E-state index contributed by atoms with van der Waals surface area (Å²) in [7, 11) is -3.81. The van der Waals surface area contributed by atoms with E-state index in [1.807, 2.05) is 24.3 Å². The van der Waals surface area contributed by atoms with Crippen molar-refractivity contribution in [2.24, 2.45) is 0 Å². The third-order valence-electron chi connectivity index (χ3n) is 7.78. The number of ether oxygens (including phenoxy) is 2. The first-order valence-electron chi connectivity index (χ1n) is 14.1. The quantitative estimate of drug-likeness (QED) is 0.334. The van der Waals surface area contributed by atoms with Crippen molar-refractivity contribution in [3.63, 3.8) is 0 Å². The normalized spacial score (nSPS) is 18.4. The molecule has 11 heteroatoms. The Kier molecular flexibility index (Phi) is 7.87. The molecule has 6 rings (SSSR count). The fraction of sp³-hybridized carbons (Fsp3) is 0.355. The van der Waals surface area contributed by atoms with Crippen molar-refractivity contribution in [2.75, 3.05) is 24.0 Å². The summed E-state index contributed by atoms with van der Waals surface area (Å²) < 4.78 is 52.5. The summed E-state index contributed by atoms with van der Waals surface area (Å²) in [5, 5.41) is 10.2. The summed E-state index contributed by atoms with van der Waals surface area (Å²) in [5.74, 6) is 0.330. The number of hydrogen-bond acceptors (Lipinski definition) is 9. The van der Waals surface area contributed by atoms with Crippen LogP contribution in [0.25, 0.3) is 5.57 Å². The van der Waals surface area contributed by atoms with Crippen LogP contribution in [-0.2, 0) is 16.4 Å². The van der Waals surface area contributed by atoms with Crippen molar-refractivity contribution in [2.45, 2.75) is 56.6 Å². The van der Waals surface area contributed by atoms with Gasteiger partial charge in [0.05, 0.1) is 11.4 Å². The van der Waals surface area contributed by atoms with Gasteiger partial charge in [-0.05, 0) is 74.6 Å². The predicted octanol–water partition coefficient (Wildman–Crippen LogP) is 4.77. The largest absolute Gasteiger partial charge is 0.454 e. The fourth-order valence-corrected chi connectivity index (χ4v) is 6.59. The second-order valence-electron chi connectivity index (χ2n) is 10.8. The summed E-state index contributed by atoms with van der Waals surface area (Å²) in [6, 6.07) is 17.5. The van der Waals surface area contributed by atoms with Gasteiger partial charge in [0.15, 0.2) is 17.7 Å². The van der Waals surface area contributed by atoms with E-state index in [9.17, 15) is 17.9 Å². The smallest absolute Gasteiger partial charge is 0.247 e. The van der Waals surface area contributed by atoms with Crippen molar-refractivity contribution in [3.05, 3.63) is 89.7 Å². The molecule has 1 atom stereocenters. The number of hydrogen-bond donors (Lipinski definition) is 1. The first kappa shape index (κ1) is 28.2. The SMILES string of the molecule is Cc1cc(C2=CN(Cc3ccc4c(c3)OCO4)C(O)C(F)=C2)nc(S(=O)(=O)CCCN(c2ccccc2)C2CCC2)n1. The zero-order chi connectivity index (χ0) is 29.3. The maximum absolute atomic E-state index is 14.9. The van der Waals surface area contributed by atoms with Crippen LogP contribution < -0.4 is 14.4 Å². The number of para-hydroxylation sites is 1. The topological polar surface area (TPSA) is 105 Å². The van der Waals surface area contributed by atoms with E-state index in [-0.39, 0.29) is 29.9 Å². The third kappa shape index (κ3) is 5.98. The van der Waals surface area contributed by atoms with E-state index in [2.05, 4.69) is 27.0 Å². The number of benzene rings is 2. The fourth-order valence-electron chi connectivity index (χ4n) is 5.38. The molecular formula is C31H33FN4O5S. The van der Waals surface area contributed by atoms with E-state index in [4.69, 9.17) is 9.47 Å². The van der Waals surface area contributed by atoms with Gasteiger partial charge >= 0.3 is 0 Å². The van der Waals surface area contributed by atoms with Gasteiger partial charge in [0.2, 0.25) is 21.8 Å². The van der Waals surface area contributed by atoms with Crippen molar-refractivity contribution in [1.29, 1.82) is 0 Å². The molecule has 2 aliphatic heterocycles. The molecule has 0 spiro atoms. The number of sulfone groups is 1. The molecule has 3 heterocycles. The minimum Gasteiger partial charge on any atom is -0.454 e. The van der Waals surface area contributed by atoms with E-state index in [1.54, 1.807) is 31.3 Å². The molecule has 1 aliphatic carbocycles. The van der Waals surface area contributed by atoms with Crippen LogP contribution in [0.5, 0.6) is 11.5 Å². The van der Waals surface area contributed by atoms with Gasteiger partial charge in [-0.25, -0.2) is 22.8 Å². The lowest BCUT2D eigenvalue weighted by molar-refractivity contribution is 0.0435. The Balaban J connectivity index is 1.19. The minimum atomic E-state index is -3.81. The van der Waals surface area contributed by atoms with Gasteiger partial charge in [0.25, 0.3) is 0 Å². The molecule has 0 amide bonds. The molecule has 1 unspecified atom stereocenters. The molecule has 1 saturated carbocycles. The van der Waals surface area contributed by atoms with Crippen molar-refractivity contribution in [1.82, 2.24) is 14.9 Å². The number of rotatable bonds is 10. The lowest BCUT2D eigenvalue weighted by Crippen LogP contribution is -2.41. The summed E-state index contributed by atoms with van der Waals surface area (Å²) in [5.41, 5.74) is 2.92. The number of aromatic nitrogens is 2. The van der Waals surface area contributed by atoms with Crippen LogP contribution in [0.3, 0.4) is 0 Å². The molecular weight excluding hydrogens is 559 g/mol. The van der Waals surface area contributed by atoms with Gasteiger partial charge in [0.1, 0.15) is 5.83 Å². The highest BCUT2D eigenvalue weighted by molar-refractivity contribution is 7.91. The number of anilines is 1. The molecule has 220 valence electrons. The monoisotopic (exact) mass is 592 g/mol. The lowest BCUT2D eigenvalue weighted by Gasteiger charge is -2.39. The Hall–Kier alpha value is -3.96. The molecule has 0 bridgehead atoms. The standard InChI is InChI=1S/C31H33FN4O5S/c1-21-15-27(23-17-26(32)30(37)35(19-23)18-22-11-12-28-29(16-22)41-20-40-28)34-31(33-21)42(38,39)14-6-13-36(25-9-5-10-25)24-7-3-2-4-8-24/h2-4,7-8,11-12,15-17,19,25,30,37H,5-6,9-10,13-14,18,20H2,1H3. The molecule has 0 radical (unpaired) electrons. The maximum atomic E-state index is 14.9. The molecule has 1 N–H and O–H groups in total. The average molecular weight is 593 g/mol. The Morgan fingerprint density at radius 3 is 2.62 bits per heavy atom. The number of aliphatic hydroxyl groups is 1. The first-order chi connectivity index (χ1) is 20.3. The second kappa shape index (κ2) is 11.7. The molecule has 1 fully saturated rings. The Labute approximate surface area is 244 Å². The van der Waals surface area contributed by atoms with Gasteiger partial charge < -0.3 is 24.4 Å². The van der Waals surface area contributed by atoms with E-state index in [1.165, 1.54) is 17.4 Å². The Bertz CT molecular complexity index is 1630. The van der Waals surface area contributed by atoms with Gasteiger partial charge in [-0.3, -0.25) is 0 Å². The number of nitrogens with zero attached hydrogens (tertiary/aromatic N) is 4. The van der Waals surface area contributed by atoms with Crippen molar-refractivity contribution < 1.29 is 27.4 Å². The molecule has 2 aromatic carbocycles. The number of aliphatic hydroxyl groups excluding tert-OH is 1. The van der Waals surface area contributed by atoms with E-state index < -0.39 is 21.9 Å². The Morgan fingerprint density at radius 1 is 1.07 bits per heavy atom. The van der Waals surface area contributed by atoms with Crippen LogP contribution in [0.4, 0.5) is 10.1 Å². The van der Waals surface area contributed by atoms with Gasteiger partial charge in [-0.1, -0.05) is 24.3 Å². The summed E-state index contributed by atoms with van der Waals surface area (Å²) in [6.45, 7) is 2.60. The lowest BCUT2D eigenvalue weighted by atomic mass is 9.91. The highest BCUT2D eigenvalue weighted by Gasteiger charge is 2.28. The maximum Gasteiger partial charge on any atom is 0.247 e. The highest BCUT2D eigenvalue weighted by Crippen LogP contribution is 2.34.